The molecule has 3 N–H and O–H groups in total. The number of hydrogen-bond donors (Lipinski definition) is 2. The third-order valence-electron chi connectivity index (χ3n) is 2.15. The van der Waals surface area contributed by atoms with E-state index in [1.807, 2.05) is 0 Å². The highest BCUT2D eigenvalue weighted by Crippen LogP contribution is 2.09. The lowest BCUT2D eigenvalue weighted by Gasteiger charge is -2.00. The summed E-state index contributed by atoms with van der Waals surface area (Å²) in [5.74, 6) is 0.154. The van der Waals surface area contributed by atoms with Crippen molar-refractivity contribution in [3.05, 3.63) is 30.2 Å². The van der Waals surface area contributed by atoms with Gasteiger partial charge in [0.1, 0.15) is 16.4 Å². The number of nitrogen functional groups attached to an aromatic ring is 1. The fourth-order valence-electron chi connectivity index (χ4n) is 1.21. The second-order valence-corrected chi connectivity index (χ2v) is 5.60. The zero-order valence-corrected chi connectivity index (χ0v) is 10.2. The van der Waals surface area contributed by atoms with E-state index in [1.54, 1.807) is 6.07 Å². The highest BCUT2D eigenvalue weighted by atomic mass is 32.2. The predicted octanol–water partition coefficient (Wildman–Crippen LogP) is -0.650. The number of aromatic nitrogens is 4. The molecule has 2 rings (SSSR count). The van der Waals surface area contributed by atoms with Crippen LogP contribution in [0.1, 0.15) is 5.69 Å². The van der Waals surface area contributed by atoms with Crippen LogP contribution in [0.4, 0.5) is 0 Å². The van der Waals surface area contributed by atoms with Gasteiger partial charge < -0.3 is 5.73 Å². The largest absolute Gasteiger partial charge is 0.382 e. The molecule has 0 atom stereocenters. The van der Waals surface area contributed by atoms with Crippen LogP contribution >= 0.6 is 0 Å². The molecular formula is C9H10N6O2S. The second kappa shape index (κ2) is 4.18. The molecule has 8 nitrogen and oxygen atoms in total. The number of nitrogens with zero attached hydrogens (tertiary/aromatic N) is 4. The van der Waals surface area contributed by atoms with Gasteiger partial charge in [0, 0.05) is 6.26 Å². The molecule has 0 spiro atoms. The first-order chi connectivity index (χ1) is 8.38. The summed E-state index contributed by atoms with van der Waals surface area (Å²) >= 11 is 0. The molecule has 0 unspecified atom stereocenters. The average molecular weight is 266 g/mol. The molecule has 0 saturated carbocycles. The number of hydrogen-bond acceptors (Lipinski definition) is 6. The summed E-state index contributed by atoms with van der Waals surface area (Å²) in [4.78, 5) is 0.0972. The van der Waals surface area contributed by atoms with E-state index in [2.05, 4.69) is 15.3 Å². The Kier molecular flexibility index (Phi) is 2.83. The van der Waals surface area contributed by atoms with E-state index < -0.39 is 9.84 Å². The Balaban J connectivity index is 2.38. The fourth-order valence-corrected chi connectivity index (χ4v) is 1.74. The molecule has 0 radical (unpaired) electrons. The minimum absolute atomic E-state index is 0.0972. The quantitative estimate of drug-likeness (QED) is 0.561. The molecule has 0 bridgehead atoms. The van der Waals surface area contributed by atoms with Crippen LogP contribution in [0.25, 0.3) is 5.82 Å². The van der Waals surface area contributed by atoms with Gasteiger partial charge in [-0.1, -0.05) is 0 Å². The smallest absolute Gasteiger partial charge is 0.178 e. The van der Waals surface area contributed by atoms with Crippen molar-refractivity contribution in [2.75, 3.05) is 6.26 Å². The van der Waals surface area contributed by atoms with Crippen LogP contribution in [0.2, 0.25) is 0 Å². The second-order valence-electron chi connectivity index (χ2n) is 3.58. The molecule has 0 aliphatic heterocycles. The van der Waals surface area contributed by atoms with Crippen molar-refractivity contribution in [3.63, 3.8) is 0 Å². The van der Waals surface area contributed by atoms with E-state index in [4.69, 9.17) is 11.1 Å². The van der Waals surface area contributed by atoms with Gasteiger partial charge in [0.25, 0.3) is 0 Å². The Labute approximate surface area is 103 Å². The molecule has 0 aromatic carbocycles. The van der Waals surface area contributed by atoms with E-state index in [1.165, 1.54) is 23.1 Å². The summed E-state index contributed by atoms with van der Waals surface area (Å²) < 4.78 is 23.9. The predicted molar refractivity (Wildman–Crippen MR) is 63.3 cm³/mol. The summed E-state index contributed by atoms with van der Waals surface area (Å²) in [6.45, 7) is 0. The maximum atomic E-state index is 11.3. The van der Waals surface area contributed by atoms with Gasteiger partial charge in [0.2, 0.25) is 0 Å². The van der Waals surface area contributed by atoms with Crippen LogP contribution in [-0.4, -0.2) is 40.5 Å². The zero-order valence-electron chi connectivity index (χ0n) is 9.40. The number of nitrogens with two attached hydrogens (primary N) is 1. The first-order valence-electron chi connectivity index (χ1n) is 4.81. The van der Waals surface area contributed by atoms with Gasteiger partial charge in [0.15, 0.2) is 15.7 Å². The third-order valence-corrected chi connectivity index (χ3v) is 3.22. The number of amidine groups is 1. The SMILES string of the molecule is CS(=O)(=O)c1cnn(-c2ccc(C(=N)N)nn2)c1. The van der Waals surface area contributed by atoms with Crippen LogP contribution in [0.5, 0.6) is 0 Å². The van der Waals surface area contributed by atoms with E-state index in [-0.39, 0.29) is 16.4 Å². The van der Waals surface area contributed by atoms with Crippen LogP contribution in [0.3, 0.4) is 0 Å². The lowest BCUT2D eigenvalue weighted by atomic mass is 10.3. The highest BCUT2D eigenvalue weighted by molar-refractivity contribution is 7.90. The van der Waals surface area contributed by atoms with Crippen molar-refractivity contribution < 1.29 is 8.42 Å². The molecule has 9 heteroatoms. The lowest BCUT2D eigenvalue weighted by Crippen LogP contribution is -2.14. The normalized spacial score (nSPS) is 11.4. The monoisotopic (exact) mass is 266 g/mol. The molecule has 0 amide bonds. The van der Waals surface area contributed by atoms with Crippen LogP contribution in [-0.2, 0) is 9.84 Å². The molecule has 2 aromatic heterocycles. The number of sulfone groups is 1. The fraction of sp³-hybridized carbons (Fsp3) is 0.111. The molecule has 0 fully saturated rings. The van der Waals surface area contributed by atoms with Gasteiger partial charge in [0.05, 0.1) is 12.4 Å². The Morgan fingerprint density at radius 2 is 2.11 bits per heavy atom. The summed E-state index contributed by atoms with van der Waals surface area (Å²) in [6, 6.07) is 3.05. The van der Waals surface area contributed by atoms with Crippen LogP contribution in [0, 0.1) is 5.41 Å². The maximum absolute atomic E-state index is 11.3. The standard InChI is InChI=1S/C9H10N6O2S/c1-18(16,17)6-4-12-15(5-6)8-3-2-7(9(10)11)13-14-8/h2-5H,1H3,(H3,10,11). The summed E-state index contributed by atoms with van der Waals surface area (Å²) in [5.41, 5.74) is 5.49. The first-order valence-corrected chi connectivity index (χ1v) is 6.70. The molecule has 2 heterocycles. The highest BCUT2D eigenvalue weighted by Gasteiger charge is 2.11. The molecule has 0 saturated heterocycles. The maximum Gasteiger partial charge on any atom is 0.178 e. The minimum atomic E-state index is -3.30. The summed E-state index contributed by atoms with van der Waals surface area (Å²) in [5, 5.41) is 18.6. The molecule has 0 aliphatic rings. The molecule has 0 aliphatic carbocycles. The molecule has 94 valence electrons. The van der Waals surface area contributed by atoms with Crippen molar-refractivity contribution in [2.24, 2.45) is 5.73 Å². The van der Waals surface area contributed by atoms with Gasteiger partial charge in [-0.25, -0.2) is 13.1 Å². The van der Waals surface area contributed by atoms with Crippen LogP contribution in [0.15, 0.2) is 29.4 Å². The number of nitrogens with one attached hydrogen (secondary N) is 1. The molecular weight excluding hydrogens is 256 g/mol. The number of rotatable bonds is 3. The van der Waals surface area contributed by atoms with E-state index >= 15 is 0 Å². The first kappa shape index (κ1) is 12.2. The summed E-state index contributed by atoms with van der Waals surface area (Å²) in [6.07, 6.45) is 3.67. The molecule has 2 aromatic rings. The van der Waals surface area contributed by atoms with Crippen molar-refractivity contribution in [3.8, 4) is 5.82 Å². The Hall–Kier alpha value is -2.29. The van der Waals surface area contributed by atoms with E-state index in [9.17, 15) is 8.42 Å². The van der Waals surface area contributed by atoms with Gasteiger partial charge in [-0.3, -0.25) is 5.41 Å². The topological polar surface area (TPSA) is 128 Å². The third kappa shape index (κ3) is 2.35. The Morgan fingerprint density at radius 1 is 1.39 bits per heavy atom. The van der Waals surface area contributed by atoms with Gasteiger partial charge in [-0.15, -0.1) is 10.2 Å². The average Bonchev–Trinajstić information content (AvgIpc) is 2.78. The van der Waals surface area contributed by atoms with Gasteiger partial charge >= 0.3 is 0 Å². The lowest BCUT2D eigenvalue weighted by molar-refractivity contribution is 0.602. The van der Waals surface area contributed by atoms with Gasteiger partial charge in [-0.2, -0.15) is 5.10 Å². The van der Waals surface area contributed by atoms with Crippen molar-refractivity contribution in [1.29, 1.82) is 5.41 Å². The minimum Gasteiger partial charge on any atom is -0.382 e. The molecule has 18 heavy (non-hydrogen) atoms. The van der Waals surface area contributed by atoms with Crippen LogP contribution < -0.4 is 5.73 Å². The van der Waals surface area contributed by atoms with Crippen molar-refractivity contribution in [1.82, 2.24) is 20.0 Å². The Bertz CT molecular complexity index is 688. The van der Waals surface area contributed by atoms with E-state index in [0.29, 0.717) is 5.82 Å². The summed E-state index contributed by atoms with van der Waals surface area (Å²) in [7, 11) is -3.30. The van der Waals surface area contributed by atoms with E-state index in [0.717, 1.165) is 6.26 Å². The Morgan fingerprint density at radius 3 is 2.56 bits per heavy atom. The zero-order chi connectivity index (χ0) is 13.3. The van der Waals surface area contributed by atoms with Gasteiger partial charge in [-0.05, 0) is 12.1 Å². The van der Waals surface area contributed by atoms with Crippen molar-refractivity contribution in [2.45, 2.75) is 4.90 Å². The van der Waals surface area contributed by atoms with Crippen molar-refractivity contribution >= 4 is 15.7 Å².